The fourth-order valence-electron chi connectivity index (χ4n) is 3.09. The Morgan fingerprint density at radius 2 is 1.95 bits per heavy atom. The molecule has 19 heavy (non-hydrogen) atoms. The van der Waals surface area contributed by atoms with Crippen LogP contribution in [0.25, 0.3) is 0 Å². The summed E-state index contributed by atoms with van der Waals surface area (Å²) >= 11 is 3.34. The second kappa shape index (κ2) is 5.59. The molecule has 2 atom stereocenters. The van der Waals surface area contributed by atoms with E-state index in [2.05, 4.69) is 26.2 Å². The molecule has 0 radical (unpaired) electrons. The van der Waals surface area contributed by atoms with Crippen molar-refractivity contribution in [2.75, 3.05) is 26.2 Å². The number of carbonyl (C=O) groups is 1. The van der Waals surface area contributed by atoms with Gasteiger partial charge in [-0.05, 0) is 65.8 Å². The molecule has 2 aliphatic rings. The van der Waals surface area contributed by atoms with Crippen LogP contribution in [0.5, 0.6) is 0 Å². The Morgan fingerprint density at radius 1 is 1.26 bits per heavy atom. The van der Waals surface area contributed by atoms with Crippen molar-refractivity contribution in [2.45, 2.75) is 12.8 Å². The molecule has 1 amide bonds. The van der Waals surface area contributed by atoms with Crippen molar-refractivity contribution in [3.63, 3.8) is 0 Å². The van der Waals surface area contributed by atoms with Crippen LogP contribution >= 0.6 is 15.9 Å². The lowest BCUT2D eigenvalue weighted by molar-refractivity contribution is 0.0752. The van der Waals surface area contributed by atoms with Gasteiger partial charge in [0, 0.05) is 23.8 Å². The lowest BCUT2D eigenvalue weighted by atomic mass is 9.92. The molecule has 0 unspecified atom stereocenters. The SMILES string of the molecule is O=C(c1ccc(Br)cn1)N1CC[C@@H]2CNC[C@@H]2CC1. The van der Waals surface area contributed by atoms with Crippen LogP contribution in [0.4, 0.5) is 0 Å². The number of halogens is 1. The van der Waals surface area contributed by atoms with Crippen molar-refractivity contribution in [3.05, 3.63) is 28.5 Å². The molecule has 3 rings (SSSR count). The van der Waals surface area contributed by atoms with E-state index in [1.54, 1.807) is 12.3 Å². The van der Waals surface area contributed by atoms with Crippen molar-refractivity contribution in [1.29, 1.82) is 0 Å². The summed E-state index contributed by atoms with van der Waals surface area (Å²) < 4.78 is 0.903. The van der Waals surface area contributed by atoms with Gasteiger partial charge in [-0.15, -0.1) is 0 Å². The number of aromatic nitrogens is 1. The molecular formula is C14H18BrN3O. The third-order valence-electron chi connectivity index (χ3n) is 4.25. The quantitative estimate of drug-likeness (QED) is 0.858. The Morgan fingerprint density at radius 3 is 2.53 bits per heavy atom. The zero-order valence-corrected chi connectivity index (χ0v) is 12.4. The first-order valence-corrected chi connectivity index (χ1v) is 7.65. The third kappa shape index (κ3) is 2.82. The average molecular weight is 324 g/mol. The number of rotatable bonds is 1. The maximum atomic E-state index is 12.4. The highest BCUT2D eigenvalue weighted by molar-refractivity contribution is 9.10. The molecule has 0 aromatic carbocycles. The summed E-state index contributed by atoms with van der Waals surface area (Å²) in [5, 5.41) is 3.45. The molecule has 0 aliphatic carbocycles. The fraction of sp³-hybridized carbons (Fsp3) is 0.571. The van der Waals surface area contributed by atoms with E-state index in [4.69, 9.17) is 0 Å². The minimum absolute atomic E-state index is 0.0698. The van der Waals surface area contributed by atoms with E-state index in [0.29, 0.717) is 5.69 Å². The Labute approximate surface area is 121 Å². The molecule has 1 aromatic rings. The smallest absolute Gasteiger partial charge is 0.272 e. The number of likely N-dealkylation sites (tertiary alicyclic amines) is 1. The van der Waals surface area contributed by atoms with Crippen LogP contribution in [0, 0.1) is 11.8 Å². The Balaban J connectivity index is 1.68. The van der Waals surface area contributed by atoms with Crippen molar-refractivity contribution < 1.29 is 4.79 Å². The molecule has 1 aromatic heterocycles. The highest BCUT2D eigenvalue weighted by Gasteiger charge is 2.31. The van der Waals surface area contributed by atoms with E-state index in [0.717, 1.165) is 55.3 Å². The van der Waals surface area contributed by atoms with Gasteiger partial charge < -0.3 is 10.2 Å². The average Bonchev–Trinajstić information content (AvgIpc) is 2.78. The Kier molecular flexibility index (Phi) is 3.84. The number of hydrogen-bond acceptors (Lipinski definition) is 3. The zero-order chi connectivity index (χ0) is 13.2. The number of pyridine rings is 1. The topological polar surface area (TPSA) is 45.2 Å². The van der Waals surface area contributed by atoms with E-state index < -0.39 is 0 Å². The first kappa shape index (κ1) is 13.1. The normalized spacial score (nSPS) is 26.9. The highest BCUT2D eigenvalue weighted by Crippen LogP contribution is 2.27. The summed E-state index contributed by atoms with van der Waals surface area (Å²) in [4.78, 5) is 18.6. The fourth-order valence-corrected chi connectivity index (χ4v) is 3.32. The number of nitrogens with one attached hydrogen (secondary N) is 1. The van der Waals surface area contributed by atoms with Gasteiger partial charge in [0.1, 0.15) is 5.69 Å². The molecule has 1 N–H and O–H groups in total. The summed E-state index contributed by atoms with van der Waals surface area (Å²) in [6, 6.07) is 3.66. The van der Waals surface area contributed by atoms with Crippen molar-refractivity contribution >= 4 is 21.8 Å². The van der Waals surface area contributed by atoms with Crippen molar-refractivity contribution in [3.8, 4) is 0 Å². The van der Waals surface area contributed by atoms with Gasteiger partial charge in [0.2, 0.25) is 0 Å². The minimum Gasteiger partial charge on any atom is -0.337 e. The van der Waals surface area contributed by atoms with Crippen molar-refractivity contribution in [2.24, 2.45) is 11.8 Å². The predicted molar refractivity (Wildman–Crippen MR) is 76.9 cm³/mol. The van der Waals surface area contributed by atoms with Crippen LogP contribution in [0.1, 0.15) is 23.3 Å². The van der Waals surface area contributed by atoms with Gasteiger partial charge in [0.05, 0.1) is 0 Å². The molecule has 102 valence electrons. The van der Waals surface area contributed by atoms with Gasteiger partial charge in [-0.3, -0.25) is 4.79 Å². The molecule has 2 saturated heterocycles. The minimum atomic E-state index is 0.0698. The van der Waals surface area contributed by atoms with E-state index in [1.807, 2.05) is 11.0 Å². The van der Waals surface area contributed by atoms with Gasteiger partial charge in [-0.1, -0.05) is 0 Å². The van der Waals surface area contributed by atoms with Gasteiger partial charge in [0.25, 0.3) is 5.91 Å². The van der Waals surface area contributed by atoms with E-state index in [1.165, 1.54) is 0 Å². The second-order valence-electron chi connectivity index (χ2n) is 5.41. The van der Waals surface area contributed by atoms with E-state index in [9.17, 15) is 4.79 Å². The third-order valence-corrected chi connectivity index (χ3v) is 4.72. The molecule has 0 spiro atoms. The van der Waals surface area contributed by atoms with Gasteiger partial charge >= 0.3 is 0 Å². The molecule has 2 fully saturated rings. The molecular weight excluding hydrogens is 306 g/mol. The van der Waals surface area contributed by atoms with Crippen LogP contribution < -0.4 is 5.32 Å². The van der Waals surface area contributed by atoms with Crippen molar-refractivity contribution in [1.82, 2.24) is 15.2 Å². The van der Waals surface area contributed by atoms with Crippen LogP contribution in [0.3, 0.4) is 0 Å². The summed E-state index contributed by atoms with van der Waals surface area (Å²) in [5.41, 5.74) is 0.549. The summed E-state index contributed by atoms with van der Waals surface area (Å²) in [6.45, 7) is 3.95. The molecule has 3 heterocycles. The summed E-state index contributed by atoms with van der Waals surface area (Å²) in [7, 11) is 0. The van der Waals surface area contributed by atoms with Crippen LogP contribution in [0.2, 0.25) is 0 Å². The molecule has 5 heteroatoms. The second-order valence-corrected chi connectivity index (χ2v) is 6.33. The molecule has 4 nitrogen and oxygen atoms in total. The zero-order valence-electron chi connectivity index (χ0n) is 10.8. The molecule has 2 aliphatic heterocycles. The van der Waals surface area contributed by atoms with Crippen LogP contribution in [-0.4, -0.2) is 42.0 Å². The number of fused-ring (bicyclic) bond motifs is 1. The Hall–Kier alpha value is -0.940. The van der Waals surface area contributed by atoms with Gasteiger partial charge in [-0.2, -0.15) is 0 Å². The van der Waals surface area contributed by atoms with Crippen LogP contribution in [-0.2, 0) is 0 Å². The largest absolute Gasteiger partial charge is 0.337 e. The number of carbonyl (C=O) groups excluding carboxylic acids is 1. The number of hydrogen-bond donors (Lipinski definition) is 1. The number of amides is 1. The monoisotopic (exact) mass is 323 g/mol. The standard InChI is InChI=1S/C14H18BrN3O/c15-12-1-2-13(17-9-12)14(19)18-5-3-10-7-16-8-11(10)4-6-18/h1-2,9-11,16H,3-8H2/t10-,11+. The molecule has 0 saturated carbocycles. The first-order chi connectivity index (χ1) is 9.24. The van der Waals surface area contributed by atoms with Gasteiger partial charge in [0.15, 0.2) is 0 Å². The van der Waals surface area contributed by atoms with Crippen LogP contribution in [0.15, 0.2) is 22.8 Å². The van der Waals surface area contributed by atoms with E-state index >= 15 is 0 Å². The lowest BCUT2D eigenvalue weighted by Gasteiger charge is -2.20. The maximum Gasteiger partial charge on any atom is 0.272 e. The summed E-state index contributed by atoms with van der Waals surface area (Å²) in [6.07, 6.45) is 3.91. The highest BCUT2D eigenvalue weighted by atomic mass is 79.9. The first-order valence-electron chi connectivity index (χ1n) is 6.85. The van der Waals surface area contributed by atoms with Gasteiger partial charge in [-0.25, -0.2) is 4.98 Å². The maximum absolute atomic E-state index is 12.4. The predicted octanol–water partition coefficient (Wildman–Crippen LogP) is 1.92. The van der Waals surface area contributed by atoms with E-state index in [-0.39, 0.29) is 5.91 Å². The summed E-state index contributed by atoms with van der Waals surface area (Å²) in [5.74, 6) is 1.56. The lowest BCUT2D eigenvalue weighted by Crippen LogP contribution is -2.33. The number of nitrogens with zero attached hydrogens (tertiary/aromatic N) is 2. The Bertz CT molecular complexity index is 448. The molecule has 0 bridgehead atoms.